The first-order valence-corrected chi connectivity index (χ1v) is 8.90. The Bertz CT molecular complexity index is 916. The molecule has 0 aliphatic carbocycles. The summed E-state index contributed by atoms with van der Waals surface area (Å²) >= 11 is 7.76. The smallest absolute Gasteiger partial charge is 0.266 e. The topological polar surface area (TPSA) is 41.5 Å². The van der Waals surface area contributed by atoms with Gasteiger partial charge in [0.25, 0.3) is 5.91 Å². The Morgan fingerprint density at radius 1 is 1.21 bits per heavy atom. The number of nitrogens with zero attached hydrogens (tertiary/aromatic N) is 1. The molecular formula is C19H17ClN2OS. The number of benzene rings is 2. The maximum Gasteiger partial charge on any atom is 0.283 e. The highest BCUT2D eigenvalue weighted by molar-refractivity contribution is 7.21. The molecule has 1 heterocycles. The number of carbonyl (C=O) groups is 1. The van der Waals surface area contributed by atoms with Gasteiger partial charge in [0, 0.05) is 10.1 Å². The van der Waals surface area contributed by atoms with Gasteiger partial charge in [-0.2, -0.15) is 5.10 Å². The molecule has 0 spiro atoms. The molecule has 0 aliphatic rings. The minimum absolute atomic E-state index is 0.277. The summed E-state index contributed by atoms with van der Waals surface area (Å²) in [5, 5.41) is 5.67. The minimum Gasteiger partial charge on any atom is -0.266 e. The molecule has 1 amide bonds. The number of halogens is 1. The summed E-state index contributed by atoms with van der Waals surface area (Å²) in [4.78, 5) is 13.0. The Balaban J connectivity index is 1.87. The summed E-state index contributed by atoms with van der Waals surface area (Å²) in [5.41, 5.74) is 5.61. The lowest BCUT2D eigenvalue weighted by Crippen LogP contribution is -2.19. The molecule has 0 atom stereocenters. The fraction of sp³-hybridized carbons (Fsp3) is 0.158. The van der Waals surface area contributed by atoms with Crippen LogP contribution in [0, 0.1) is 6.92 Å². The first-order valence-electron chi connectivity index (χ1n) is 7.71. The molecule has 122 valence electrons. The Labute approximate surface area is 150 Å². The van der Waals surface area contributed by atoms with E-state index < -0.39 is 0 Å². The van der Waals surface area contributed by atoms with Crippen LogP contribution in [0.5, 0.6) is 0 Å². The van der Waals surface area contributed by atoms with Gasteiger partial charge in [-0.15, -0.1) is 11.3 Å². The van der Waals surface area contributed by atoms with Crippen LogP contribution in [0.1, 0.15) is 34.1 Å². The van der Waals surface area contributed by atoms with Crippen molar-refractivity contribution in [3.05, 3.63) is 69.6 Å². The first-order chi connectivity index (χ1) is 11.6. The highest BCUT2D eigenvalue weighted by Gasteiger charge is 2.17. The number of nitrogens with one attached hydrogen (secondary N) is 1. The molecule has 0 saturated heterocycles. The maximum atomic E-state index is 12.5. The van der Waals surface area contributed by atoms with Crippen LogP contribution in [0.3, 0.4) is 0 Å². The van der Waals surface area contributed by atoms with Crippen LogP contribution in [0.25, 0.3) is 10.1 Å². The van der Waals surface area contributed by atoms with Gasteiger partial charge in [-0.05, 0) is 30.5 Å². The second-order valence-corrected chi connectivity index (χ2v) is 6.89. The molecule has 1 aromatic heterocycles. The van der Waals surface area contributed by atoms with Crippen LogP contribution in [-0.2, 0) is 0 Å². The molecule has 5 heteroatoms. The normalized spacial score (nSPS) is 11.7. The third-order valence-corrected chi connectivity index (χ3v) is 5.38. The van der Waals surface area contributed by atoms with Gasteiger partial charge in [-0.3, -0.25) is 4.79 Å². The summed E-state index contributed by atoms with van der Waals surface area (Å²) in [6.45, 7) is 4.03. The fourth-order valence-electron chi connectivity index (χ4n) is 2.47. The van der Waals surface area contributed by atoms with E-state index in [4.69, 9.17) is 11.6 Å². The number of hydrazone groups is 1. The summed E-state index contributed by atoms with van der Waals surface area (Å²) in [7, 11) is 0. The lowest BCUT2D eigenvalue weighted by molar-refractivity contribution is 0.0959. The highest BCUT2D eigenvalue weighted by Crippen LogP contribution is 2.35. The lowest BCUT2D eigenvalue weighted by atomic mass is 10.1. The standard InChI is InChI=1S/C19H17ClN2OS/c1-3-15(13-7-5-4-6-8-13)21-22-19(23)18-17(20)14-10-9-12(2)11-16(14)24-18/h4-11H,3H2,1-2H3,(H,22,23)/b21-15+. The molecule has 0 bridgehead atoms. The van der Waals surface area contributed by atoms with Gasteiger partial charge in [0.1, 0.15) is 4.88 Å². The van der Waals surface area contributed by atoms with Crippen LogP contribution in [0.4, 0.5) is 0 Å². The molecule has 0 fully saturated rings. The van der Waals surface area contributed by atoms with E-state index in [1.54, 1.807) is 0 Å². The van der Waals surface area contributed by atoms with Crippen LogP contribution >= 0.6 is 22.9 Å². The van der Waals surface area contributed by atoms with Crippen molar-refractivity contribution in [1.82, 2.24) is 5.43 Å². The molecule has 24 heavy (non-hydrogen) atoms. The van der Waals surface area contributed by atoms with Crippen molar-refractivity contribution in [3.8, 4) is 0 Å². The molecule has 0 aliphatic heterocycles. The maximum absolute atomic E-state index is 12.5. The number of fused-ring (bicyclic) bond motifs is 1. The number of amides is 1. The molecule has 3 nitrogen and oxygen atoms in total. The van der Waals surface area contributed by atoms with E-state index >= 15 is 0 Å². The molecule has 3 rings (SSSR count). The van der Waals surface area contributed by atoms with E-state index in [-0.39, 0.29) is 5.91 Å². The third kappa shape index (κ3) is 3.35. The van der Waals surface area contributed by atoms with Gasteiger partial charge in [0.15, 0.2) is 0 Å². The summed E-state index contributed by atoms with van der Waals surface area (Å²) in [5.74, 6) is -0.277. The van der Waals surface area contributed by atoms with E-state index in [9.17, 15) is 4.79 Å². The average molecular weight is 357 g/mol. The quantitative estimate of drug-likeness (QED) is 0.493. The number of rotatable bonds is 4. The number of hydrogen-bond acceptors (Lipinski definition) is 3. The zero-order chi connectivity index (χ0) is 17.1. The first kappa shape index (κ1) is 16.7. The Morgan fingerprint density at radius 2 is 1.96 bits per heavy atom. The molecule has 0 radical (unpaired) electrons. The summed E-state index contributed by atoms with van der Waals surface area (Å²) in [6, 6.07) is 15.8. The zero-order valence-electron chi connectivity index (χ0n) is 13.5. The van der Waals surface area contributed by atoms with E-state index in [1.165, 1.54) is 11.3 Å². The van der Waals surface area contributed by atoms with Gasteiger partial charge in [0.2, 0.25) is 0 Å². The van der Waals surface area contributed by atoms with E-state index in [1.807, 2.05) is 62.4 Å². The molecule has 3 aromatic rings. The Kier molecular flexibility index (Phi) is 4.97. The van der Waals surface area contributed by atoms with Crippen molar-refractivity contribution in [3.63, 3.8) is 0 Å². The summed E-state index contributed by atoms with van der Waals surface area (Å²) < 4.78 is 1.01. The molecule has 1 N–H and O–H groups in total. The van der Waals surface area contributed by atoms with Crippen LogP contribution in [0.15, 0.2) is 53.6 Å². The monoisotopic (exact) mass is 356 g/mol. The second-order valence-electron chi connectivity index (χ2n) is 5.46. The molecule has 2 aromatic carbocycles. The van der Waals surface area contributed by atoms with Crippen LogP contribution in [-0.4, -0.2) is 11.6 Å². The SMILES string of the molecule is CC/C(=N\NC(=O)c1sc2cc(C)ccc2c1Cl)c1ccccc1. The van der Waals surface area contributed by atoms with Crippen molar-refractivity contribution in [2.24, 2.45) is 5.10 Å². The second kappa shape index (κ2) is 7.16. The molecule has 0 saturated carbocycles. The van der Waals surface area contributed by atoms with Gasteiger partial charge in [-0.25, -0.2) is 5.43 Å². The highest BCUT2D eigenvalue weighted by atomic mass is 35.5. The lowest BCUT2D eigenvalue weighted by Gasteiger charge is -2.04. The van der Waals surface area contributed by atoms with Crippen LogP contribution < -0.4 is 5.43 Å². The van der Waals surface area contributed by atoms with Crippen molar-refractivity contribution in [1.29, 1.82) is 0 Å². The van der Waals surface area contributed by atoms with E-state index in [0.29, 0.717) is 9.90 Å². The van der Waals surface area contributed by atoms with Crippen molar-refractivity contribution >= 4 is 44.6 Å². The van der Waals surface area contributed by atoms with Crippen LogP contribution in [0.2, 0.25) is 5.02 Å². The predicted octanol–water partition coefficient (Wildman–Crippen LogP) is 5.41. The number of thiophene rings is 1. The number of hydrogen-bond donors (Lipinski definition) is 1. The van der Waals surface area contributed by atoms with Crippen molar-refractivity contribution in [2.45, 2.75) is 20.3 Å². The molecular weight excluding hydrogens is 340 g/mol. The average Bonchev–Trinajstić information content (AvgIpc) is 2.92. The van der Waals surface area contributed by atoms with Crippen molar-refractivity contribution < 1.29 is 4.79 Å². The van der Waals surface area contributed by atoms with Gasteiger partial charge >= 0.3 is 0 Å². The van der Waals surface area contributed by atoms with Gasteiger partial charge < -0.3 is 0 Å². The van der Waals surface area contributed by atoms with Crippen molar-refractivity contribution in [2.75, 3.05) is 0 Å². The molecule has 0 unspecified atom stereocenters. The van der Waals surface area contributed by atoms with Gasteiger partial charge in [0.05, 0.1) is 10.7 Å². The predicted molar refractivity (Wildman–Crippen MR) is 102 cm³/mol. The fourth-order valence-corrected chi connectivity index (χ4v) is 3.97. The van der Waals surface area contributed by atoms with E-state index in [2.05, 4.69) is 10.5 Å². The Morgan fingerprint density at radius 3 is 2.67 bits per heavy atom. The van der Waals surface area contributed by atoms with E-state index in [0.717, 1.165) is 33.3 Å². The third-order valence-electron chi connectivity index (χ3n) is 3.73. The minimum atomic E-state index is -0.277. The number of aryl methyl sites for hydroxylation is 1. The zero-order valence-corrected chi connectivity index (χ0v) is 15.0. The number of carbonyl (C=O) groups excluding carboxylic acids is 1. The largest absolute Gasteiger partial charge is 0.283 e. The van der Waals surface area contributed by atoms with Gasteiger partial charge in [-0.1, -0.05) is 61.0 Å². The summed E-state index contributed by atoms with van der Waals surface area (Å²) in [6.07, 6.45) is 0.726. The Hall–Kier alpha value is -2.17.